The van der Waals surface area contributed by atoms with Crippen LogP contribution in [0.5, 0.6) is 5.75 Å². The normalized spacial score (nSPS) is 23.7. The smallest absolute Gasteiger partial charge is 0.320 e. The molecule has 0 N–H and O–H groups in total. The Kier molecular flexibility index (Phi) is 6.65. The number of urea groups is 1. The highest BCUT2D eigenvalue weighted by Crippen LogP contribution is 2.29. The van der Waals surface area contributed by atoms with Crippen molar-refractivity contribution in [2.75, 3.05) is 59.1 Å². The second-order valence-electron chi connectivity index (χ2n) is 9.67. The van der Waals surface area contributed by atoms with Crippen LogP contribution in [0, 0.1) is 5.92 Å². The van der Waals surface area contributed by atoms with E-state index in [1.807, 2.05) is 9.80 Å². The zero-order valence-electron chi connectivity index (χ0n) is 18.8. The molecule has 1 aliphatic carbocycles. The van der Waals surface area contributed by atoms with E-state index in [1.165, 1.54) is 49.9 Å². The van der Waals surface area contributed by atoms with Gasteiger partial charge in [-0.05, 0) is 67.7 Å². The molecule has 3 fully saturated rings. The van der Waals surface area contributed by atoms with Crippen LogP contribution in [0.25, 0.3) is 0 Å². The highest BCUT2D eigenvalue weighted by Gasteiger charge is 2.28. The van der Waals surface area contributed by atoms with Crippen molar-refractivity contribution in [2.24, 2.45) is 5.92 Å². The van der Waals surface area contributed by atoms with Gasteiger partial charge in [-0.3, -0.25) is 4.90 Å². The van der Waals surface area contributed by atoms with E-state index in [0.717, 1.165) is 63.8 Å². The maximum atomic E-state index is 12.7. The Labute approximate surface area is 186 Å². The molecule has 3 heterocycles. The van der Waals surface area contributed by atoms with Crippen molar-refractivity contribution in [2.45, 2.75) is 51.0 Å². The number of hydrogen-bond donors (Lipinski definition) is 0. The average Bonchev–Trinajstić information content (AvgIpc) is 2.99. The minimum absolute atomic E-state index is 0.185. The number of piperidine rings is 1. The van der Waals surface area contributed by atoms with Crippen LogP contribution in [0.1, 0.15) is 43.2 Å². The molecule has 3 aliphatic heterocycles. The quantitative estimate of drug-likeness (QED) is 0.740. The maximum absolute atomic E-state index is 12.7. The fourth-order valence-electron chi connectivity index (χ4n) is 5.39. The Bertz CT molecular complexity index is 752. The third-order valence-electron chi connectivity index (χ3n) is 7.76. The summed E-state index contributed by atoms with van der Waals surface area (Å²) in [4.78, 5) is 19.3. The van der Waals surface area contributed by atoms with Gasteiger partial charge >= 0.3 is 6.03 Å². The molecule has 0 bridgehead atoms. The van der Waals surface area contributed by atoms with Crippen LogP contribution in [0.15, 0.2) is 18.2 Å². The average molecular weight is 428 g/mol. The lowest BCUT2D eigenvalue weighted by molar-refractivity contribution is 0.0389. The van der Waals surface area contributed by atoms with E-state index in [1.54, 1.807) is 0 Å². The van der Waals surface area contributed by atoms with Crippen LogP contribution < -0.4 is 4.74 Å². The van der Waals surface area contributed by atoms with Gasteiger partial charge in [0.05, 0.1) is 19.8 Å². The van der Waals surface area contributed by atoms with Gasteiger partial charge < -0.3 is 19.3 Å². The summed E-state index contributed by atoms with van der Waals surface area (Å²) in [5.41, 5.74) is 2.98. The summed E-state index contributed by atoms with van der Waals surface area (Å²) in [6, 6.07) is 7.76. The number of ether oxygens (including phenoxy) is 2. The highest BCUT2D eigenvalue weighted by molar-refractivity contribution is 5.74. The number of likely N-dealkylation sites (tertiary alicyclic amines) is 1. The number of amides is 2. The van der Waals surface area contributed by atoms with Crippen molar-refractivity contribution in [3.8, 4) is 5.75 Å². The molecule has 0 atom stereocenters. The first kappa shape index (κ1) is 21.1. The fourth-order valence-corrected chi connectivity index (χ4v) is 5.39. The van der Waals surface area contributed by atoms with Crippen molar-refractivity contribution < 1.29 is 14.3 Å². The van der Waals surface area contributed by atoms with Crippen LogP contribution in [-0.4, -0.2) is 85.9 Å². The Hall–Kier alpha value is -1.79. The molecular formula is C25H37N3O3. The van der Waals surface area contributed by atoms with Crippen molar-refractivity contribution in [3.63, 3.8) is 0 Å². The molecule has 2 saturated heterocycles. The van der Waals surface area contributed by atoms with Crippen LogP contribution in [0.4, 0.5) is 4.79 Å². The zero-order chi connectivity index (χ0) is 21.0. The third kappa shape index (κ3) is 5.01. The molecular weight excluding hydrogens is 390 g/mol. The molecule has 2 amide bonds. The van der Waals surface area contributed by atoms with Gasteiger partial charge in [-0.1, -0.05) is 12.5 Å². The number of hydrogen-bond acceptors (Lipinski definition) is 4. The van der Waals surface area contributed by atoms with Gasteiger partial charge in [0.25, 0.3) is 0 Å². The molecule has 6 nitrogen and oxygen atoms in total. The van der Waals surface area contributed by atoms with Crippen LogP contribution in [0.3, 0.4) is 0 Å². The molecule has 31 heavy (non-hydrogen) atoms. The summed E-state index contributed by atoms with van der Waals surface area (Å²) in [6.45, 7) is 7.60. The van der Waals surface area contributed by atoms with Crippen LogP contribution >= 0.6 is 0 Å². The largest absolute Gasteiger partial charge is 0.493 e. The molecule has 5 rings (SSSR count). The predicted molar refractivity (Wildman–Crippen MR) is 121 cm³/mol. The summed E-state index contributed by atoms with van der Waals surface area (Å²) in [7, 11) is 0. The van der Waals surface area contributed by atoms with Crippen molar-refractivity contribution in [1.82, 2.24) is 14.7 Å². The van der Waals surface area contributed by atoms with Crippen molar-refractivity contribution in [1.29, 1.82) is 0 Å². The summed E-state index contributed by atoms with van der Waals surface area (Å²) < 4.78 is 11.6. The van der Waals surface area contributed by atoms with E-state index < -0.39 is 0 Å². The zero-order valence-corrected chi connectivity index (χ0v) is 18.8. The fraction of sp³-hybridized carbons (Fsp3) is 0.720. The lowest BCUT2D eigenvalue weighted by Gasteiger charge is -2.37. The summed E-state index contributed by atoms with van der Waals surface area (Å²) in [5, 5.41) is 0. The van der Waals surface area contributed by atoms with Crippen LogP contribution in [0.2, 0.25) is 0 Å². The molecule has 1 aromatic rings. The number of carbonyl (C=O) groups is 1. The van der Waals surface area contributed by atoms with Gasteiger partial charge in [-0.25, -0.2) is 4.79 Å². The number of rotatable bonds is 4. The molecule has 4 aliphatic rings. The molecule has 1 saturated carbocycles. The van der Waals surface area contributed by atoms with E-state index in [2.05, 4.69) is 23.1 Å². The number of fused-ring (bicyclic) bond motifs is 1. The van der Waals surface area contributed by atoms with E-state index in [-0.39, 0.29) is 6.03 Å². The SMILES string of the molecule is O=C(N1CCOCC1)N1CCC(COc2ccc3c(c2)CCN(C2CCC2)CC3)CC1. The summed E-state index contributed by atoms with van der Waals surface area (Å²) >= 11 is 0. The lowest BCUT2D eigenvalue weighted by atomic mass is 9.91. The first-order valence-corrected chi connectivity index (χ1v) is 12.4. The van der Waals surface area contributed by atoms with Gasteiger partial charge in [0.2, 0.25) is 0 Å². The van der Waals surface area contributed by atoms with Gasteiger partial charge in [-0.15, -0.1) is 0 Å². The Morgan fingerprint density at radius 2 is 1.61 bits per heavy atom. The van der Waals surface area contributed by atoms with E-state index in [0.29, 0.717) is 19.1 Å². The molecule has 0 aromatic heterocycles. The van der Waals surface area contributed by atoms with E-state index in [9.17, 15) is 4.79 Å². The van der Waals surface area contributed by atoms with Gasteiger partial charge in [-0.2, -0.15) is 0 Å². The Balaban J connectivity index is 1.08. The van der Waals surface area contributed by atoms with Crippen LogP contribution in [-0.2, 0) is 17.6 Å². The number of benzene rings is 1. The van der Waals surface area contributed by atoms with Crippen molar-refractivity contribution in [3.05, 3.63) is 29.3 Å². The highest BCUT2D eigenvalue weighted by atomic mass is 16.5. The van der Waals surface area contributed by atoms with E-state index in [4.69, 9.17) is 9.47 Å². The standard InChI is InChI=1S/C25H37N3O3/c29-25(28-14-16-30-17-15-28)27-10-6-20(7-11-27)19-31-24-5-4-21-8-12-26(23-2-1-3-23)13-9-22(21)18-24/h4-5,18,20,23H,1-3,6-17,19H2. The molecule has 6 heteroatoms. The maximum Gasteiger partial charge on any atom is 0.320 e. The molecule has 0 radical (unpaired) electrons. The second-order valence-corrected chi connectivity index (χ2v) is 9.67. The number of carbonyl (C=O) groups excluding carboxylic acids is 1. The molecule has 1 aromatic carbocycles. The van der Waals surface area contributed by atoms with E-state index >= 15 is 0 Å². The number of morpholine rings is 1. The molecule has 0 unspecified atom stereocenters. The molecule has 170 valence electrons. The summed E-state index contributed by atoms with van der Waals surface area (Å²) in [5.74, 6) is 1.55. The monoisotopic (exact) mass is 427 g/mol. The topological polar surface area (TPSA) is 45.3 Å². The van der Waals surface area contributed by atoms with Gasteiger partial charge in [0.15, 0.2) is 0 Å². The Morgan fingerprint density at radius 3 is 2.32 bits per heavy atom. The minimum Gasteiger partial charge on any atom is -0.493 e. The predicted octanol–water partition coefficient (Wildman–Crippen LogP) is 3.18. The Morgan fingerprint density at radius 1 is 0.903 bits per heavy atom. The number of nitrogens with zero attached hydrogens (tertiary/aromatic N) is 3. The summed E-state index contributed by atoms with van der Waals surface area (Å²) in [6.07, 6.45) is 8.55. The third-order valence-corrected chi connectivity index (χ3v) is 7.76. The molecule has 0 spiro atoms. The van der Waals surface area contributed by atoms with Crippen molar-refractivity contribution >= 4 is 6.03 Å². The minimum atomic E-state index is 0.185. The first-order chi connectivity index (χ1) is 15.3. The second kappa shape index (κ2) is 9.78. The van der Waals surface area contributed by atoms with Gasteiger partial charge in [0.1, 0.15) is 5.75 Å². The first-order valence-electron chi connectivity index (χ1n) is 12.4. The van der Waals surface area contributed by atoms with Gasteiger partial charge in [0, 0.05) is 45.3 Å². The lowest BCUT2D eigenvalue weighted by Crippen LogP contribution is -2.50.